The molecule has 2 aromatic rings. The minimum atomic E-state index is -0.107. The van der Waals surface area contributed by atoms with Crippen molar-refractivity contribution in [3.63, 3.8) is 0 Å². The minimum Gasteiger partial charge on any atom is -0.489 e. The average molecular weight is 370 g/mol. The number of H-pyrrole nitrogens is 1. The van der Waals surface area contributed by atoms with Gasteiger partial charge in [-0.05, 0) is 18.6 Å². The zero-order chi connectivity index (χ0) is 19.2. The van der Waals surface area contributed by atoms with Gasteiger partial charge in [0.25, 0.3) is 5.91 Å². The molecule has 0 aromatic carbocycles. The maximum Gasteiger partial charge on any atom is 0.253 e. The number of pyridine rings is 1. The topological polar surface area (TPSA) is 87.3 Å². The highest BCUT2D eigenvalue weighted by Gasteiger charge is 2.23. The summed E-state index contributed by atoms with van der Waals surface area (Å²) in [7, 11) is 0. The van der Waals surface area contributed by atoms with Crippen molar-refractivity contribution in [3.05, 3.63) is 36.7 Å². The van der Waals surface area contributed by atoms with E-state index >= 15 is 0 Å². The fourth-order valence-corrected chi connectivity index (χ4v) is 3.23. The second-order valence-corrected chi connectivity index (χ2v) is 6.73. The van der Waals surface area contributed by atoms with Crippen LogP contribution < -0.4 is 10.1 Å². The molecule has 0 spiro atoms. The number of unbranched alkanes of at least 4 members (excludes halogenated alkanes) is 1. The molecule has 0 unspecified atom stereocenters. The molecule has 7 nitrogen and oxygen atoms in total. The fraction of sp³-hybridized carbons (Fsp3) is 0.450. The van der Waals surface area contributed by atoms with Crippen molar-refractivity contribution in [1.29, 1.82) is 0 Å². The van der Waals surface area contributed by atoms with Gasteiger partial charge in [0.15, 0.2) is 0 Å². The van der Waals surface area contributed by atoms with Crippen LogP contribution in [0.5, 0.6) is 5.75 Å². The van der Waals surface area contributed by atoms with E-state index in [9.17, 15) is 9.59 Å². The summed E-state index contributed by atoms with van der Waals surface area (Å²) in [6.07, 6.45) is 8.22. The van der Waals surface area contributed by atoms with Gasteiger partial charge in [-0.1, -0.05) is 19.9 Å². The second kappa shape index (κ2) is 8.70. The smallest absolute Gasteiger partial charge is 0.253 e. The number of fused-ring (bicyclic) bond motifs is 1. The van der Waals surface area contributed by atoms with Crippen LogP contribution >= 0.6 is 0 Å². The zero-order valence-electron chi connectivity index (χ0n) is 15.7. The summed E-state index contributed by atoms with van der Waals surface area (Å²) >= 11 is 0. The molecule has 2 aromatic heterocycles. The predicted octanol–water partition coefficient (Wildman–Crippen LogP) is 2.65. The van der Waals surface area contributed by atoms with E-state index in [1.54, 1.807) is 17.3 Å². The Labute approximate surface area is 158 Å². The van der Waals surface area contributed by atoms with Crippen LogP contribution in [0.3, 0.4) is 0 Å². The predicted molar refractivity (Wildman–Crippen MR) is 104 cm³/mol. The van der Waals surface area contributed by atoms with Crippen LogP contribution in [0.25, 0.3) is 11.0 Å². The number of aromatic amines is 1. The summed E-state index contributed by atoms with van der Waals surface area (Å²) in [5, 5.41) is 3.68. The first kappa shape index (κ1) is 18.9. The number of aromatic nitrogens is 2. The van der Waals surface area contributed by atoms with E-state index < -0.39 is 0 Å². The number of carbonyl (C=O) groups is 2. The number of piperidine rings is 1. The number of likely N-dealkylation sites (tertiary alicyclic amines) is 1. The van der Waals surface area contributed by atoms with Gasteiger partial charge in [-0.2, -0.15) is 0 Å². The molecule has 1 aliphatic rings. The van der Waals surface area contributed by atoms with E-state index in [2.05, 4.69) is 28.8 Å². The third kappa shape index (κ3) is 4.48. The second-order valence-electron chi connectivity index (χ2n) is 6.73. The molecule has 2 amide bonds. The largest absolute Gasteiger partial charge is 0.489 e. The molecule has 0 radical (unpaired) electrons. The van der Waals surface area contributed by atoms with Crippen molar-refractivity contribution in [2.75, 3.05) is 19.6 Å². The highest BCUT2D eigenvalue weighted by Crippen LogP contribution is 2.24. The molecule has 7 heteroatoms. The lowest BCUT2D eigenvalue weighted by Crippen LogP contribution is -2.41. The van der Waals surface area contributed by atoms with Gasteiger partial charge >= 0.3 is 0 Å². The number of rotatable bonds is 7. The van der Waals surface area contributed by atoms with Crippen molar-refractivity contribution in [2.45, 2.75) is 38.7 Å². The van der Waals surface area contributed by atoms with Crippen LogP contribution in [0.1, 0.15) is 43.0 Å². The highest BCUT2D eigenvalue weighted by molar-refractivity contribution is 6.06. The van der Waals surface area contributed by atoms with Crippen molar-refractivity contribution in [2.24, 2.45) is 0 Å². The maximum atomic E-state index is 12.4. The van der Waals surface area contributed by atoms with Gasteiger partial charge < -0.3 is 19.9 Å². The normalized spacial score (nSPS) is 14.9. The van der Waals surface area contributed by atoms with Crippen molar-refractivity contribution < 1.29 is 14.3 Å². The van der Waals surface area contributed by atoms with E-state index in [0.29, 0.717) is 36.6 Å². The third-order valence-corrected chi connectivity index (χ3v) is 4.80. The number of amides is 2. The van der Waals surface area contributed by atoms with Crippen molar-refractivity contribution in [3.8, 4) is 5.75 Å². The van der Waals surface area contributed by atoms with E-state index in [1.807, 2.05) is 6.07 Å². The standard InChI is InChI=1S/C20H26N4O3/c1-3-5-8-21-20(26)17-13-23-19-16(17)11-15(12-22-19)27-14-6-9-24(10-7-14)18(25)4-2/h4,11-14H,2-3,5-10H2,1H3,(H,21,26)(H,22,23). The number of carbonyl (C=O) groups excluding carboxylic acids is 2. The van der Waals surface area contributed by atoms with Crippen LogP contribution in [0.4, 0.5) is 0 Å². The summed E-state index contributed by atoms with van der Waals surface area (Å²) in [5.41, 5.74) is 1.24. The molecule has 1 aliphatic heterocycles. The number of ether oxygens (including phenoxy) is 1. The lowest BCUT2D eigenvalue weighted by Gasteiger charge is -2.31. The Morgan fingerprint density at radius 1 is 1.44 bits per heavy atom. The lowest BCUT2D eigenvalue weighted by molar-refractivity contribution is -0.127. The summed E-state index contributed by atoms with van der Waals surface area (Å²) in [6, 6.07) is 1.86. The maximum absolute atomic E-state index is 12.4. The molecule has 2 N–H and O–H groups in total. The van der Waals surface area contributed by atoms with Gasteiger partial charge in [0.05, 0.1) is 11.8 Å². The minimum absolute atomic E-state index is 0.0267. The molecule has 144 valence electrons. The van der Waals surface area contributed by atoms with Crippen LogP contribution in [0, 0.1) is 0 Å². The summed E-state index contributed by atoms with van der Waals surface area (Å²) in [6.45, 7) is 7.58. The SMILES string of the molecule is C=CC(=O)N1CCC(Oc2cnc3[nH]cc(C(=O)NCCCC)c3c2)CC1. The van der Waals surface area contributed by atoms with E-state index in [-0.39, 0.29) is 17.9 Å². The first-order valence-corrected chi connectivity index (χ1v) is 9.45. The van der Waals surface area contributed by atoms with Crippen molar-refractivity contribution >= 4 is 22.8 Å². The molecule has 3 rings (SSSR count). The van der Waals surface area contributed by atoms with Gasteiger partial charge in [0.2, 0.25) is 5.91 Å². The number of hydrogen-bond acceptors (Lipinski definition) is 4. The summed E-state index contributed by atoms with van der Waals surface area (Å²) in [5.74, 6) is 0.491. The van der Waals surface area contributed by atoms with Crippen molar-refractivity contribution in [1.82, 2.24) is 20.2 Å². The Hall–Kier alpha value is -2.83. The van der Waals surface area contributed by atoms with E-state index in [0.717, 1.165) is 31.1 Å². The molecule has 3 heterocycles. The zero-order valence-corrected chi connectivity index (χ0v) is 15.7. The average Bonchev–Trinajstić information content (AvgIpc) is 3.11. The molecular weight excluding hydrogens is 344 g/mol. The van der Waals surface area contributed by atoms with Crippen LogP contribution in [-0.4, -0.2) is 52.4 Å². The fourth-order valence-electron chi connectivity index (χ4n) is 3.23. The van der Waals surface area contributed by atoms with Gasteiger partial charge in [0, 0.05) is 44.1 Å². The van der Waals surface area contributed by atoms with Crippen LogP contribution in [0.15, 0.2) is 31.1 Å². The molecular formula is C20H26N4O3. The molecule has 0 aliphatic carbocycles. The Morgan fingerprint density at radius 3 is 2.93 bits per heavy atom. The van der Waals surface area contributed by atoms with Crippen LogP contribution in [-0.2, 0) is 4.79 Å². The Bertz CT molecular complexity index is 822. The first-order valence-electron chi connectivity index (χ1n) is 9.45. The molecule has 0 bridgehead atoms. The molecule has 1 saturated heterocycles. The molecule has 1 fully saturated rings. The Balaban J connectivity index is 1.66. The quantitative estimate of drug-likeness (QED) is 0.579. The molecule has 0 saturated carbocycles. The molecule has 0 atom stereocenters. The molecule has 27 heavy (non-hydrogen) atoms. The van der Waals surface area contributed by atoms with Gasteiger partial charge in [-0.25, -0.2) is 4.98 Å². The summed E-state index contributed by atoms with van der Waals surface area (Å²) < 4.78 is 6.06. The van der Waals surface area contributed by atoms with E-state index in [1.165, 1.54) is 6.08 Å². The number of nitrogens with zero attached hydrogens (tertiary/aromatic N) is 2. The Kier molecular flexibility index (Phi) is 6.11. The van der Waals surface area contributed by atoms with Gasteiger partial charge in [-0.3, -0.25) is 9.59 Å². The summed E-state index contributed by atoms with van der Waals surface area (Å²) in [4.78, 5) is 33.2. The third-order valence-electron chi connectivity index (χ3n) is 4.80. The highest BCUT2D eigenvalue weighted by atomic mass is 16.5. The number of nitrogens with one attached hydrogen (secondary N) is 2. The first-order chi connectivity index (χ1) is 13.1. The van der Waals surface area contributed by atoms with E-state index in [4.69, 9.17) is 4.74 Å². The Morgan fingerprint density at radius 2 is 2.22 bits per heavy atom. The monoisotopic (exact) mass is 370 g/mol. The lowest BCUT2D eigenvalue weighted by atomic mass is 10.1. The van der Waals surface area contributed by atoms with Gasteiger partial charge in [-0.15, -0.1) is 0 Å². The van der Waals surface area contributed by atoms with Gasteiger partial charge in [0.1, 0.15) is 17.5 Å². The number of hydrogen-bond donors (Lipinski definition) is 2. The van der Waals surface area contributed by atoms with Crippen LogP contribution in [0.2, 0.25) is 0 Å².